The fourth-order valence-electron chi connectivity index (χ4n) is 1.57. The highest BCUT2D eigenvalue weighted by Crippen LogP contribution is 2.34. The van der Waals surface area contributed by atoms with Crippen LogP contribution < -0.4 is 10.4 Å². The smallest absolute Gasteiger partial charge is 0.425 e. The molecule has 20 heavy (non-hydrogen) atoms. The zero-order valence-electron chi connectivity index (χ0n) is 10.6. The molecule has 0 aliphatic carbocycles. The fourth-order valence-corrected chi connectivity index (χ4v) is 2.43. The van der Waals surface area contributed by atoms with Gasteiger partial charge in [-0.25, -0.2) is 9.36 Å². The summed E-state index contributed by atoms with van der Waals surface area (Å²) in [6.45, 7) is 1.46. The number of aryl methyl sites for hydroxylation is 1. The number of hydrogen-bond donors (Lipinski definition) is 0. The van der Waals surface area contributed by atoms with E-state index in [1.54, 1.807) is 0 Å². The zero-order chi connectivity index (χ0) is 14.9. The van der Waals surface area contributed by atoms with Crippen LogP contribution in [0, 0.1) is 6.92 Å². The van der Waals surface area contributed by atoms with E-state index in [0.29, 0.717) is 16.2 Å². The van der Waals surface area contributed by atoms with E-state index in [1.807, 2.05) is 0 Å². The van der Waals surface area contributed by atoms with Gasteiger partial charge in [0.15, 0.2) is 0 Å². The Labute approximate surface area is 115 Å². The molecule has 0 aromatic carbocycles. The highest BCUT2D eigenvalue weighted by molar-refractivity contribution is 7.12. The molecule has 0 unspecified atom stereocenters. The molecule has 0 aliphatic heterocycles. The van der Waals surface area contributed by atoms with Crippen LogP contribution in [0.1, 0.15) is 15.6 Å². The van der Waals surface area contributed by atoms with Gasteiger partial charge < -0.3 is 4.74 Å². The van der Waals surface area contributed by atoms with Crippen molar-refractivity contribution < 1.29 is 17.9 Å². The lowest BCUT2D eigenvalue weighted by Crippen LogP contribution is -2.26. The first-order valence-corrected chi connectivity index (χ1v) is 6.28. The highest BCUT2D eigenvalue weighted by Gasteiger charge is 2.32. The number of aromatic nitrogens is 3. The van der Waals surface area contributed by atoms with Crippen molar-refractivity contribution in [3.63, 3.8) is 0 Å². The van der Waals surface area contributed by atoms with Gasteiger partial charge in [-0.05, 0) is 19.1 Å². The van der Waals surface area contributed by atoms with Crippen molar-refractivity contribution in [3.8, 4) is 6.01 Å². The van der Waals surface area contributed by atoms with Gasteiger partial charge in [0.1, 0.15) is 10.7 Å². The van der Waals surface area contributed by atoms with Crippen molar-refractivity contribution in [1.29, 1.82) is 0 Å². The highest BCUT2D eigenvalue weighted by atomic mass is 32.1. The van der Waals surface area contributed by atoms with E-state index < -0.39 is 16.7 Å². The van der Waals surface area contributed by atoms with Crippen molar-refractivity contribution in [1.82, 2.24) is 14.5 Å². The summed E-state index contributed by atoms with van der Waals surface area (Å²) < 4.78 is 43.6. The predicted molar refractivity (Wildman–Crippen MR) is 66.0 cm³/mol. The molecule has 0 spiro atoms. The van der Waals surface area contributed by atoms with E-state index in [1.165, 1.54) is 20.1 Å². The van der Waals surface area contributed by atoms with Crippen molar-refractivity contribution in [2.24, 2.45) is 0 Å². The maximum Gasteiger partial charge on any atom is 0.425 e. The summed E-state index contributed by atoms with van der Waals surface area (Å²) in [5.74, 6) is 0.241. The third-order valence-corrected chi connectivity index (χ3v) is 3.53. The first-order chi connectivity index (χ1) is 9.31. The molecule has 0 fully saturated rings. The van der Waals surface area contributed by atoms with Gasteiger partial charge in [-0.3, -0.25) is 0 Å². The van der Waals surface area contributed by atoms with E-state index in [4.69, 9.17) is 4.74 Å². The number of thiophene rings is 1. The van der Waals surface area contributed by atoms with Gasteiger partial charge in [0.25, 0.3) is 0 Å². The number of methoxy groups -OCH3 is 1. The van der Waals surface area contributed by atoms with Crippen LogP contribution in [0.3, 0.4) is 0 Å². The van der Waals surface area contributed by atoms with Gasteiger partial charge in [0.2, 0.25) is 0 Å². The molecule has 9 heteroatoms. The maximum atomic E-state index is 12.5. The number of rotatable bonds is 3. The molecule has 108 valence electrons. The van der Waals surface area contributed by atoms with Crippen molar-refractivity contribution in [2.45, 2.75) is 19.6 Å². The summed E-state index contributed by atoms with van der Waals surface area (Å²) >= 11 is 0.571. The monoisotopic (exact) mass is 305 g/mol. The van der Waals surface area contributed by atoms with Crippen molar-refractivity contribution >= 4 is 11.3 Å². The minimum atomic E-state index is -4.39. The number of halogens is 3. The summed E-state index contributed by atoms with van der Waals surface area (Å²) in [6, 6.07) is 2.32. The molecule has 2 heterocycles. The first-order valence-electron chi connectivity index (χ1n) is 5.46. The molecule has 0 bridgehead atoms. The molecule has 0 atom stereocenters. The molecule has 0 saturated heterocycles. The van der Waals surface area contributed by atoms with Crippen LogP contribution in [0.4, 0.5) is 13.2 Å². The standard InChI is InChI=1S/C11H10F3N3O2S/c1-6-15-9(18)17(10(16-6)19-2)5-7-3-4-8(20-7)11(12,13)14/h3-4H,5H2,1-2H3. The van der Waals surface area contributed by atoms with E-state index in [9.17, 15) is 18.0 Å². The van der Waals surface area contributed by atoms with Crippen molar-refractivity contribution in [2.75, 3.05) is 7.11 Å². The molecular weight excluding hydrogens is 295 g/mol. The second-order valence-electron chi connectivity index (χ2n) is 3.89. The Hall–Kier alpha value is -1.90. The minimum Gasteiger partial charge on any atom is -0.468 e. The van der Waals surface area contributed by atoms with Crippen LogP contribution in [0.5, 0.6) is 6.01 Å². The largest absolute Gasteiger partial charge is 0.468 e. The Kier molecular flexibility index (Phi) is 3.80. The third kappa shape index (κ3) is 2.98. The number of alkyl halides is 3. The minimum absolute atomic E-state index is 0.0180. The van der Waals surface area contributed by atoms with E-state index in [-0.39, 0.29) is 18.4 Å². The van der Waals surface area contributed by atoms with Crippen LogP contribution >= 0.6 is 11.3 Å². The Morgan fingerprint density at radius 2 is 2.05 bits per heavy atom. The van der Waals surface area contributed by atoms with Crippen LogP contribution in [0.2, 0.25) is 0 Å². The zero-order valence-corrected chi connectivity index (χ0v) is 11.4. The normalized spacial score (nSPS) is 11.7. The Morgan fingerprint density at radius 1 is 1.35 bits per heavy atom. The van der Waals surface area contributed by atoms with Crippen LogP contribution in [0.15, 0.2) is 16.9 Å². The average Bonchev–Trinajstić information content (AvgIpc) is 2.80. The number of ether oxygens (including phenoxy) is 1. The average molecular weight is 305 g/mol. The molecule has 2 aromatic heterocycles. The lowest BCUT2D eigenvalue weighted by atomic mass is 10.4. The lowest BCUT2D eigenvalue weighted by molar-refractivity contribution is -0.134. The third-order valence-electron chi connectivity index (χ3n) is 2.41. The number of nitrogens with zero attached hydrogens (tertiary/aromatic N) is 3. The van der Waals surface area contributed by atoms with Gasteiger partial charge in [0, 0.05) is 4.88 Å². The number of hydrogen-bond acceptors (Lipinski definition) is 5. The van der Waals surface area contributed by atoms with Gasteiger partial charge in [-0.15, -0.1) is 11.3 Å². The molecule has 0 aliphatic rings. The lowest BCUT2D eigenvalue weighted by Gasteiger charge is -2.08. The van der Waals surface area contributed by atoms with Gasteiger partial charge >= 0.3 is 17.9 Å². The fraction of sp³-hybridized carbons (Fsp3) is 0.364. The van der Waals surface area contributed by atoms with Gasteiger partial charge in [-0.1, -0.05) is 0 Å². The summed E-state index contributed by atoms with van der Waals surface area (Å²) in [5.41, 5.74) is -0.615. The summed E-state index contributed by atoms with van der Waals surface area (Å²) in [6.07, 6.45) is -4.39. The van der Waals surface area contributed by atoms with Crippen molar-refractivity contribution in [3.05, 3.63) is 38.2 Å². The molecule has 0 N–H and O–H groups in total. The molecular formula is C11H10F3N3O2S. The Morgan fingerprint density at radius 3 is 2.60 bits per heavy atom. The topological polar surface area (TPSA) is 57.0 Å². The van der Waals surface area contributed by atoms with Gasteiger partial charge in [-0.2, -0.15) is 23.1 Å². The molecule has 0 saturated carbocycles. The van der Waals surface area contributed by atoms with Gasteiger partial charge in [0.05, 0.1) is 13.7 Å². The Balaban J connectivity index is 2.35. The summed E-state index contributed by atoms with van der Waals surface area (Å²) in [5, 5.41) is 0. The van der Waals surface area contributed by atoms with E-state index >= 15 is 0 Å². The van der Waals surface area contributed by atoms with E-state index in [2.05, 4.69) is 9.97 Å². The molecule has 2 rings (SSSR count). The molecule has 2 aromatic rings. The second-order valence-corrected chi connectivity index (χ2v) is 5.06. The second kappa shape index (κ2) is 5.23. The molecule has 0 amide bonds. The first kappa shape index (κ1) is 14.5. The quantitative estimate of drug-likeness (QED) is 0.871. The molecule has 0 radical (unpaired) electrons. The Bertz CT molecular complexity index is 678. The summed E-state index contributed by atoms with van der Waals surface area (Å²) in [4.78, 5) is 18.9. The molecule has 5 nitrogen and oxygen atoms in total. The maximum absolute atomic E-state index is 12.5. The SMILES string of the molecule is COc1nc(C)nc(=O)n1Cc1ccc(C(F)(F)F)s1. The summed E-state index contributed by atoms with van der Waals surface area (Å²) in [7, 11) is 1.33. The van der Waals surface area contributed by atoms with E-state index in [0.717, 1.165) is 10.6 Å². The van der Waals surface area contributed by atoms with Crippen LogP contribution in [0.25, 0.3) is 0 Å². The van der Waals surface area contributed by atoms with Crippen LogP contribution in [-0.2, 0) is 12.7 Å². The predicted octanol–water partition coefficient (Wildman–Crippen LogP) is 2.08. The van der Waals surface area contributed by atoms with Crippen LogP contribution in [-0.4, -0.2) is 21.6 Å².